The molecule has 0 heteroatoms. The number of hydrogen-bond donors (Lipinski definition) is 0. The molecule has 0 amide bonds. The maximum atomic E-state index is 3.98. The van der Waals surface area contributed by atoms with Crippen molar-refractivity contribution in [2.24, 2.45) is 5.41 Å². The molecule has 0 fully saturated rings. The molecule has 48 valence electrons. The van der Waals surface area contributed by atoms with Crippen LogP contribution in [0.25, 0.3) is 0 Å². The molecule has 0 aromatic heterocycles. The molecule has 0 bridgehead atoms. The lowest BCUT2D eigenvalue weighted by Gasteiger charge is -2.15. The zero-order chi connectivity index (χ0) is 6.62. The Labute approximate surface area is 53.3 Å². The smallest absolute Gasteiger partial charge is 0.0351 e. The summed E-state index contributed by atoms with van der Waals surface area (Å²) in [7, 11) is 0. The largest absolute Gasteiger partial charge is 0.0651 e. The van der Waals surface area contributed by atoms with Crippen LogP contribution in [0.1, 0.15) is 33.6 Å². The first-order valence-electron chi connectivity index (χ1n) is 3.23. The molecular weight excluding hydrogens is 96.1 g/mol. The van der Waals surface area contributed by atoms with Gasteiger partial charge >= 0.3 is 0 Å². The molecule has 0 heterocycles. The van der Waals surface area contributed by atoms with Gasteiger partial charge in [-0.05, 0) is 25.2 Å². The molecule has 8 heavy (non-hydrogen) atoms. The van der Waals surface area contributed by atoms with Gasteiger partial charge in [0, 0.05) is 0 Å². The lowest BCUT2D eigenvalue weighted by Crippen LogP contribution is -2.04. The predicted molar refractivity (Wildman–Crippen MR) is 38.3 cm³/mol. The third-order valence-corrected chi connectivity index (χ3v) is 0.986. The Morgan fingerprint density at radius 3 is 2.12 bits per heavy atom. The number of unbranched alkanes of at least 4 members (excludes halogenated alkanes) is 1. The third kappa shape index (κ3) is 6.00. The highest BCUT2D eigenvalue weighted by Gasteiger charge is 2.07. The summed E-state index contributed by atoms with van der Waals surface area (Å²) >= 11 is 0. The van der Waals surface area contributed by atoms with Crippen molar-refractivity contribution in [3.05, 3.63) is 13.3 Å². The van der Waals surface area contributed by atoms with Crippen molar-refractivity contribution in [1.29, 1.82) is 0 Å². The van der Waals surface area contributed by atoms with E-state index in [9.17, 15) is 0 Å². The van der Waals surface area contributed by atoms with E-state index in [0.717, 1.165) is 6.42 Å². The SMILES string of the molecule is [CH2]C(C)(C)C[CH]CC. The summed E-state index contributed by atoms with van der Waals surface area (Å²) in [4.78, 5) is 0. The first-order valence-corrected chi connectivity index (χ1v) is 3.23. The third-order valence-electron chi connectivity index (χ3n) is 0.986. The van der Waals surface area contributed by atoms with Gasteiger partial charge in [0.05, 0.1) is 0 Å². The van der Waals surface area contributed by atoms with E-state index in [1.54, 1.807) is 0 Å². The molecule has 0 unspecified atom stereocenters. The second-order valence-corrected chi connectivity index (χ2v) is 3.07. The van der Waals surface area contributed by atoms with E-state index >= 15 is 0 Å². The summed E-state index contributed by atoms with van der Waals surface area (Å²) in [5.41, 5.74) is 0.246. The molecule has 0 saturated carbocycles. The van der Waals surface area contributed by atoms with Gasteiger partial charge in [0.25, 0.3) is 0 Å². The Morgan fingerprint density at radius 1 is 1.50 bits per heavy atom. The highest BCUT2D eigenvalue weighted by molar-refractivity contribution is 4.77. The van der Waals surface area contributed by atoms with Crippen LogP contribution in [0, 0.1) is 18.8 Å². The second-order valence-electron chi connectivity index (χ2n) is 3.07. The molecule has 0 atom stereocenters. The molecule has 0 aromatic carbocycles. The number of hydrogen-bond acceptors (Lipinski definition) is 0. The van der Waals surface area contributed by atoms with E-state index in [2.05, 4.69) is 34.1 Å². The monoisotopic (exact) mass is 112 g/mol. The molecule has 2 radical (unpaired) electrons. The Balaban J connectivity index is 3.11. The van der Waals surface area contributed by atoms with E-state index < -0.39 is 0 Å². The van der Waals surface area contributed by atoms with Crippen LogP contribution in [0.15, 0.2) is 0 Å². The minimum absolute atomic E-state index is 0.246. The van der Waals surface area contributed by atoms with Crippen LogP contribution in [0.5, 0.6) is 0 Å². The Kier molecular flexibility index (Phi) is 3.11. The molecule has 0 nitrogen and oxygen atoms in total. The van der Waals surface area contributed by atoms with E-state index in [4.69, 9.17) is 0 Å². The summed E-state index contributed by atoms with van der Waals surface area (Å²) in [5, 5.41) is 0. The van der Waals surface area contributed by atoms with Crippen LogP contribution in [-0.4, -0.2) is 0 Å². The zero-order valence-electron chi connectivity index (χ0n) is 6.20. The molecule has 0 rings (SSSR count). The van der Waals surface area contributed by atoms with Crippen LogP contribution < -0.4 is 0 Å². The van der Waals surface area contributed by atoms with E-state index in [-0.39, 0.29) is 5.41 Å². The minimum Gasteiger partial charge on any atom is -0.0651 e. The average molecular weight is 112 g/mol. The van der Waals surface area contributed by atoms with Crippen LogP contribution in [0.2, 0.25) is 0 Å². The summed E-state index contributed by atoms with van der Waals surface area (Å²) in [6.45, 7) is 10.4. The Morgan fingerprint density at radius 2 is 2.00 bits per heavy atom. The summed E-state index contributed by atoms with van der Waals surface area (Å²) in [6.07, 6.45) is 4.56. The van der Waals surface area contributed by atoms with Gasteiger partial charge < -0.3 is 0 Å². The van der Waals surface area contributed by atoms with Crippen molar-refractivity contribution in [3.63, 3.8) is 0 Å². The van der Waals surface area contributed by atoms with Crippen molar-refractivity contribution in [2.45, 2.75) is 33.6 Å². The van der Waals surface area contributed by atoms with Crippen molar-refractivity contribution >= 4 is 0 Å². The molecule has 0 aliphatic carbocycles. The lowest BCUT2D eigenvalue weighted by atomic mass is 9.90. The predicted octanol–water partition coefficient (Wildman–Crippen LogP) is 2.85. The fraction of sp³-hybridized carbons (Fsp3) is 0.750. The minimum atomic E-state index is 0.246. The van der Waals surface area contributed by atoms with Crippen LogP contribution in [0.4, 0.5) is 0 Å². The topological polar surface area (TPSA) is 0 Å². The summed E-state index contributed by atoms with van der Waals surface area (Å²) in [6, 6.07) is 0. The van der Waals surface area contributed by atoms with Gasteiger partial charge in [-0.3, -0.25) is 0 Å². The normalized spacial score (nSPS) is 12.0. The number of rotatable bonds is 3. The van der Waals surface area contributed by atoms with Gasteiger partial charge in [0.2, 0.25) is 0 Å². The maximum absolute atomic E-state index is 3.98. The Bertz CT molecular complexity index is 47.5. The first-order chi connectivity index (χ1) is 3.56. The van der Waals surface area contributed by atoms with Crippen LogP contribution in [0.3, 0.4) is 0 Å². The first kappa shape index (κ1) is 8.00. The molecule has 0 aliphatic rings. The van der Waals surface area contributed by atoms with Gasteiger partial charge in [-0.25, -0.2) is 0 Å². The molecule has 0 spiro atoms. The summed E-state index contributed by atoms with van der Waals surface area (Å²) < 4.78 is 0. The van der Waals surface area contributed by atoms with E-state index in [0.29, 0.717) is 0 Å². The molecule has 0 aliphatic heterocycles. The van der Waals surface area contributed by atoms with Crippen molar-refractivity contribution in [1.82, 2.24) is 0 Å². The fourth-order valence-electron chi connectivity index (χ4n) is 0.535. The standard InChI is InChI=1S/C8H16/c1-5-6-7-8(2,3)4/h6H,2,5,7H2,1,3-4H3. The molecule has 0 aromatic rings. The molecule has 0 saturated heterocycles. The van der Waals surface area contributed by atoms with Crippen LogP contribution in [-0.2, 0) is 0 Å². The average Bonchev–Trinajstić information content (AvgIpc) is 1.59. The van der Waals surface area contributed by atoms with Crippen molar-refractivity contribution in [2.75, 3.05) is 0 Å². The van der Waals surface area contributed by atoms with Gasteiger partial charge in [-0.2, -0.15) is 0 Å². The highest BCUT2D eigenvalue weighted by Crippen LogP contribution is 2.19. The molecular formula is C8H16. The van der Waals surface area contributed by atoms with E-state index in [1.807, 2.05) is 0 Å². The fourth-order valence-corrected chi connectivity index (χ4v) is 0.535. The van der Waals surface area contributed by atoms with E-state index in [1.165, 1.54) is 6.42 Å². The second kappa shape index (κ2) is 3.11. The van der Waals surface area contributed by atoms with Gasteiger partial charge in [-0.1, -0.05) is 27.2 Å². The maximum Gasteiger partial charge on any atom is -0.0351 e. The quantitative estimate of drug-likeness (QED) is 0.526. The Hall–Kier alpha value is 0. The zero-order valence-corrected chi connectivity index (χ0v) is 6.20. The summed E-state index contributed by atoms with van der Waals surface area (Å²) in [5.74, 6) is 0. The van der Waals surface area contributed by atoms with Gasteiger partial charge in [0.15, 0.2) is 0 Å². The highest BCUT2D eigenvalue weighted by atomic mass is 14.1. The van der Waals surface area contributed by atoms with Gasteiger partial charge in [0.1, 0.15) is 0 Å². The molecule has 0 N–H and O–H groups in total. The van der Waals surface area contributed by atoms with Crippen molar-refractivity contribution in [3.8, 4) is 0 Å². The van der Waals surface area contributed by atoms with Crippen molar-refractivity contribution < 1.29 is 0 Å². The lowest BCUT2D eigenvalue weighted by molar-refractivity contribution is 0.461. The van der Waals surface area contributed by atoms with Crippen LogP contribution >= 0.6 is 0 Å². The van der Waals surface area contributed by atoms with Gasteiger partial charge in [-0.15, -0.1) is 0 Å².